The van der Waals surface area contributed by atoms with Gasteiger partial charge in [0.2, 0.25) is 0 Å². The lowest BCUT2D eigenvalue weighted by Crippen LogP contribution is -2.48. The van der Waals surface area contributed by atoms with E-state index < -0.39 is 29.0 Å². The predicted octanol–water partition coefficient (Wildman–Crippen LogP) is 7.67. The van der Waals surface area contributed by atoms with E-state index in [2.05, 4.69) is 41.2 Å². The number of benzene rings is 2. The fourth-order valence-corrected chi connectivity index (χ4v) is 4.54. The van der Waals surface area contributed by atoms with Gasteiger partial charge in [-0.2, -0.15) is 0 Å². The van der Waals surface area contributed by atoms with Crippen molar-refractivity contribution in [2.24, 2.45) is 16.2 Å². The lowest BCUT2D eigenvalue weighted by molar-refractivity contribution is -0.158. The fourth-order valence-electron chi connectivity index (χ4n) is 4.54. The summed E-state index contributed by atoms with van der Waals surface area (Å²) in [6, 6.07) is 7.03. The van der Waals surface area contributed by atoms with Crippen molar-refractivity contribution in [3.05, 3.63) is 66.3 Å². The molecular formula is C28H34F2O4. The van der Waals surface area contributed by atoms with Crippen LogP contribution >= 0.6 is 0 Å². The van der Waals surface area contributed by atoms with Gasteiger partial charge in [-0.3, -0.25) is 4.79 Å². The molecule has 0 aromatic heterocycles. The maximum Gasteiger partial charge on any atom is 0.339 e. The van der Waals surface area contributed by atoms with Crippen LogP contribution in [0.2, 0.25) is 0 Å². The standard InChI is InChI=1S/C21H20F2O4.C7H14/c1-20(2)10-21(3,11-20)19(26)27-17-7-4-12(8-15(17)18(24)25)14-6-5-13(22)9-16(14)23;1-5-6-7(2,3)4/h4-9H,10-11H2,1-3H3,(H,24,25);5H,1,6H2,2-4H3. The van der Waals surface area contributed by atoms with Crippen LogP contribution in [0.25, 0.3) is 11.1 Å². The number of allylic oxidation sites excluding steroid dienone is 1. The molecule has 4 nitrogen and oxygen atoms in total. The minimum Gasteiger partial charge on any atom is -0.478 e. The average molecular weight is 473 g/mol. The van der Waals surface area contributed by atoms with Crippen molar-refractivity contribution in [1.82, 2.24) is 0 Å². The van der Waals surface area contributed by atoms with Gasteiger partial charge in [-0.05, 0) is 66.8 Å². The maximum absolute atomic E-state index is 14.0. The number of carboxylic acid groups (broad SMARTS) is 1. The van der Waals surface area contributed by atoms with Crippen LogP contribution in [0, 0.1) is 27.9 Å². The van der Waals surface area contributed by atoms with Crippen molar-refractivity contribution in [3.8, 4) is 16.9 Å². The first-order chi connectivity index (χ1) is 15.6. The molecule has 1 N–H and O–H groups in total. The lowest BCUT2D eigenvalue weighted by Gasteiger charge is -2.49. The van der Waals surface area contributed by atoms with Gasteiger partial charge in [-0.25, -0.2) is 13.6 Å². The third-order valence-corrected chi connectivity index (χ3v) is 5.64. The Bertz CT molecular complexity index is 1070. The van der Waals surface area contributed by atoms with E-state index in [1.54, 1.807) is 6.92 Å². The van der Waals surface area contributed by atoms with Gasteiger partial charge in [0, 0.05) is 11.6 Å². The van der Waals surface area contributed by atoms with E-state index in [1.807, 2.05) is 6.08 Å². The maximum atomic E-state index is 14.0. The molecule has 0 bridgehead atoms. The number of hydrogen-bond donors (Lipinski definition) is 1. The van der Waals surface area contributed by atoms with E-state index in [0.29, 0.717) is 18.3 Å². The number of carboxylic acids is 1. The summed E-state index contributed by atoms with van der Waals surface area (Å²) in [7, 11) is 0. The molecule has 1 aliphatic carbocycles. The normalized spacial score (nSPS) is 15.9. The zero-order valence-electron chi connectivity index (χ0n) is 20.8. The number of ether oxygens (including phenoxy) is 1. The minimum absolute atomic E-state index is 0.0490. The molecule has 184 valence electrons. The quantitative estimate of drug-likeness (QED) is 0.275. The molecule has 1 fully saturated rings. The molecule has 0 spiro atoms. The molecule has 34 heavy (non-hydrogen) atoms. The van der Waals surface area contributed by atoms with Crippen LogP contribution < -0.4 is 4.74 Å². The first kappa shape index (κ1) is 27.2. The SMILES string of the molecule is C=CCC(C)(C)C.CC1(C)CC(C)(C(=O)Oc2ccc(-c3ccc(F)cc3F)cc2C(=O)O)C1. The average Bonchev–Trinajstić information content (AvgIpc) is 2.66. The first-order valence-corrected chi connectivity index (χ1v) is 11.2. The Morgan fingerprint density at radius 3 is 2.15 bits per heavy atom. The summed E-state index contributed by atoms with van der Waals surface area (Å²) >= 11 is 0. The number of hydrogen-bond acceptors (Lipinski definition) is 3. The van der Waals surface area contributed by atoms with Crippen molar-refractivity contribution in [3.63, 3.8) is 0 Å². The van der Waals surface area contributed by atoms with Gasteiger partial charge < -0.3 is 9.84 Å². The summed E-state index contributed by atoms with van der Waals surface area (Å²) in [4.78, 5) is 24.1. The summed E-state index contributed by atoms with van der Waals surface area (Å²) in [6.45, 7) is 16.2. The van der Waals surface area contributed by atoms with Crippen LogP contribution in [0.4, 0.5) is 8.78 Å². The lowest BCUT2D eigenvalue weighted by atomic mass is 9.55. The Morgan fingerprint density at radius 2 is 1.71 bits per heavy atom. The van der Waals surface area contributed by atoms with E-state index in [-0.39, 0.29) is 27.9 Å². The fraction of sp³-hybridized carbons (Fsp3) is 0.429. The molecule has 0 atom stereocenters. The summed E-state index contributed by atoms with van der Waals surface area (Å²) in [5.41, 5.74) is -0.118. The summed E-state index contributed by atoms with van der Waals surface area (Å²) in [5, 5.41) is 9.48. The van der Waals surface area contributed by atoms with Gasteiger partial charge in [-0.1, -0.05) is 46.8 Å². The van der Waals surface area contributed by atoms with Gasteiger partial charge in [0.15, 0.2) is 0 Å². The van der Waals surface area contributed by atoms with Crippen molar-refractivity contribution in [2.75, 3.05) is 0 Å². The van der Waals surface area contributed by atoms with E-state index in [4.69, 9.17) is 4.74 Å². The zero-order chi connectivity index (χ0) is 25.9. The molecule has 0 unspecified atom stereocenters. The molecule has 6 heteroatoms. The Kier molecular flexibility index (Phi) is 8.07. The molecule has 0 saturated heterocycles. The van der Waals surface area contributed by atoms with Crippen LogP contribution in [-0.2, 0) is 4.79 Å². The smallest absolute Gasteiger partial charge is 0.339 e. The summed E-state index contributed by atoms with van der Waals surface area (Å²) < 4.78 is 32.5. The number of halogens is 2. The Morgan fingerprint density at radius 1 is 1.09 bits per heavy atom. The van der Waals surface area contributed by atoms with Crippen molar-refractivity contribution in [2.45, 2.75) is 60.8 Å². The third-order valence-electron chi connectivity index (χ3n) is 5.64. The third kappa shape index (κ3) is 6.99. The second-order valence-corrected chi connectivity index (χ2v) is 11.2. The largest absolute Gasteiger partial charge is 0.478 e. The Hall–Kier alpha value is -3.02. The second-order valence-electron chi connectivity index (χ2n) is 11.2. The molecule has 0 aliphatic heterocycles. The molecule has 0 radical (unpaired) electrons. The highest BCUT2D eigenvalue weighted by molar-refractivity contribution is 5.94. The molecular weight excluding hydrogens is 438 g/mol. The molecule has 1 aliphatic rings. The van der Waals surface area contributed by atoms with Gasteiger partial charge >= 0.3 is 11.9 Å². The summed E-state index contributed by atoms with van der Waals surface area (Å²) in [6.07, 6.45) is 4.37. The second kappa shape index (κ2) is 10.1. The van der Waals surface area contributed by atoms with E-state index in [1.165, 1.54) is 24.3 Å². The minimum atomic E-state index is -1.30. The van der Waals surface area contributed by atoms with E-state index in [9.17, 15) is 23.5 Å². The van der Waals surface area contributed by atoms with Crippen LogP contribution in [0.3, 0.4) is 0 Å². The van der Waals surface area contributed by atoms with Crippen molar-refractivity contribution < 1.29 is 28.2 Å². The van der Waals surface area contributed by atoms with Gasteiger partial charge in [0.25, 0.3) is 0 Å². The number of esters is 1. The van der Waals surface area contributed by atoms with E-state index >= 15 is 0 Å². The van der Waals surface area contributed by atoms with Gasteiger partial charge in [0.1, 0.15) is 22.9 Å². The zero-order valence-corrected chi connectivity index (χ0v) is 20.8. The molecule has 0 amide bonds. The number of aromatic carboxylic acids is 1. The predicted molar refractivity (Wildman–Crippen MR) is 130 cm³/mol. The highest BCUT2D eigenvalue weighted by atomic mass is 19.1. The van der Waals surface area contributed by atoms with E-state index in [0.717, 1.165) is 18.6 Å². The molecule has 2 aromatic rings. The number of carbonyl (C=O) groups excluding carboxylic acids is 1. The van der Waals surface area contributed by atoms with Crippen LogP contribution in [0.1, 0.15) is 71.2 Å². The monoisotopic (exact) mass is 472 g/mol. The van der Waals surface area contributed by atoms with Crippen molar-refractivity contribution >= 4 is 11.9 Å². The number of rotatable bonds is 5. The van der Waals surface area contributed by atoms with Crippen LogP contribution in [-0.4, -0.2) is 17.0 Å². The highest BCUT2D eigenvalue weighted by Gasteiger charge is 2.52. The molecule has 1 saturated carbocycles. The summed E-state index contributed by atoms with van der Waals surface area (Å²) in [5.74, 6) is -3.41. The molecule has 2 aromatic carbocycles. The van der Waals surface area contributed by atoms with Crippen LogP contribution in [0.5, 0.6) is 5.75 Å². The first-order valence-electron chi connectivity index (χ1n) is 11.2. The highest BCUT2D eigenvalue weighted by Crippen LogP contribution is 2.54. The van der Waals surface area contributed by atoms with Gasteiger partial charge in [0.05, 0.1) is 5.41 Å². The van der Waals surface area contributed by atoms with Gasteiger partial charge in [-0.15, -0.1) is 6.58 Å². The Labute approximate surface area is 200 Å². The van der Waals surface area contributed by atoms with Crippen molar-refractivity contribution in [1.29, 1.82) is 0 Å². The molecule has 3 rings (SSSR count). The Balaban J connectivity index is 0.000000509. The topological polar surface area (TPSA) is 63.6 Å². The van der Waals surface area contributed by atoms with Crippen LogP contribution in [0.15, 0.2) is 49.1 Å². The number of carbonyl (C=O) groups is 2. The molecule has 0 heterocycles.